The van der Waals surface area contributed by atoms with E-state index in [1.165, 1.54) is 18.2 Å². The van der Waals surface area contributed by atoms with Gasteiger partial charge in [-0.3, -0.25) is 15.1 Å². The van der Waals surface area contributed by atoms with Crippen LogP contribution in [-0.4, -0.2) is 15.7 Å². The molecule has 0 atom stereocenters. The first kappa shape index (κ1) is 18.4. The van der Waals surface area contributed by atoms with Crippen LogP contribution in [0.4, 0.5) is 11.4 Å². The molecule has 0 spiro atoms. The molecule has 5 nitrogen and oxygen atoms in total. The van der Waals surface area contributed by atoms with Crippen molar-refractivity contribution in [1.29, 1.82) is 0 Å². The summed E-state index contributed by atoms with van der Waals surface area (Å²) < 4.78 is 0. The van der Waals surface area contributed by atoms with Crippen LogP contribution in [0.2, 0.25) is 0 Å². The molecule has 0 unspecified atom stereocenters. The number of aromatic hydroxyl groups is 1. The van der Waals surface area contributed by atoms with Crippen LogP contribution in [0.25, 0.3) is 0 Å². The molecular weight excluding hydrogens is 292 g/mol. The largest absolute Gasteiger partial charge is 0.507 e. The second-order valence-corrected chi connectivity index (χ2v) is 4.32. The zero-order valence-electron chi connectivity index (χ0n) is 13.9. The Kier molecular flexibility index (Phi) is 6.93. The van der Waals surface area contributed by atoms with Gasteiger partial charge in [0.15, 0.2) is 0 Å². The van der Waals surface area contributed by atoms with Gasteiger partial charge in [-0.1, -0.05) is 45.9 Å². The van der Waals surface area contributed by atoms with Crippen LogP contribution in [0, 0.1) is 10.1 Å². The van der Waals surface area contributed by atoms with Gasteiger partial charge in [0, 0.05) is 24.1 Å². The van der Waals surface area contributed by atoms with E-state index in [9.17, 15) is 15.2 Å². The predicted molar refractivity (Wildman–Crippen MR) is 93.8 cm³/mol. The molecule has 1 heterocycles. The van der Waals surface area contributed by atoms with E-state index in [0.717, 1.165) is 11.3 Å². The van der Waals surface area contributed by atoms with Gasteiger partial charge in [-0.25, -0.2) is 0 Å². The maximum atomic E-state index is 10.8. The zero-order valence-corrected chi connectivity index (χ0v) is 13.9. The van der Waals surface area contributed by atoms with Crippen LogP contribution in [0.1, 0.15) is 38.8 Å². The Labute approximate surface area is 136 Å². The Morgan fingerprint density at radius 1 is 1.09 bits per heavy atom. The summed E-state index contributed by atoms with van der Waals surface area (Å²) in [6.45, 7) is 8.00. The second kappa shape index (κ2) is 8.68. The highest BCUT2D eigenvalue weighted by Crippen LogP contribution is 2.32. The molecule has 0 radical (unpaired) electrons. The number of phenolic OH excluding ortho intramolecular Hbond substituents is 1. The fraction of sp³-hybridized carbons (Fsp3) is 0.278. The van der Waals surface area contributed by atoms with Gasteiger partial charge >= 0.3 is 0 Å². The van der Waals surface area contributed by atoms with Crippen molar-refractivity contribution in [2.45, 2.75) is 34.1 Å². The van der Waals surface area contributed by atoms with Gasteiger partial charge < -0.3 is 5.11 Å². The van der Waals surface area contributed by atoms with Crippen molar-refractivity contribution in [3.05, 3.63) is 63.7 Å². The van der Waals surface area contributed by atoms with Gasteiger partial charge in [-0.05, 0) is 17.7 Å². The Balaban J connectivity index is 0.000000615. The number of para-hydroxylation sites is 1. The quantitative estimate of drug-likeness (QED) is 0.624. The molecule has 2 aromatic rings. The lowest BCUT2D eigenvalue weighted by Crippen LogP contribution is -2.02. The summed E-state index contributed by atoms with van der Waals surface area (Å²) in [6.07, 6.45) is 0.574. The average Bonchev–Trinajstić information content (AvgIpc) is 3.02. The van der Waals surface area contributed by atoms with Crippen LogP contribution >= 0.6 is 0 Å². The molecule has 5 heteroatoms. The van der Waals surface area contributed by atoms with Gasteiger partial charge in [0.05, 0.1) is 16.3 Å². The van der Waals surface area contributed by atoms with E-state index in [2.05, 4.69) is 4.99 Å². The Morgan fingerprint density at radius 3 is 2.35 bits per heavy atom. The molecule has 0 saturated carbocycles. The molecule has 0 bridgehead atoms. The lowest BCUT2D eigenvalue weighted by Gasteiger charge is -2.03. The summed E-state index contributed by atoms with van der Waals surface area (Å²) >= 11 is 0. The van der Waals surface area contributed by atoms with Crippen LogP contribution in [0.5, 0.6) is 5.75 Å². The maximum Gasteiger partial charge on any atom is 0.270 e. The summed E-state index contributed by atoms with van der Waals surface area (Å²) in [5.74, 6) is 0.0113. The van der Waals surface area contributed by atoms with Crippen molar-refractivity contribution < 1.29 is 10.0 Å². The lowest BCUT2D eigenvalue weighted by molar-refractivity contribution is -0.384. The van der Waals surface area contributed by atoms with E-state index < -0.39 is 4.92 Å². The number of benzene rings is 2. The summed E-state index contributed by atoms with van der Waals surface area (Å²) in [5, 5.41) is 20.6. The normalized spacial score (nSPS) is 11.2. The third kappa shape index (κ3) is 4.16. The van der Waals surface area contributed by atoms with E-state index in [1.807, 2.05) is 52.0 Å². The van der Waals surface area contributed by atoms with Crippen LogP contribution in [0.15, 0.2) is 47.5 Å². The van der Waals surface area contributed by atoms with Gasteiger partial charge in [0.25, 0.3) is 5.69 Å². The second-order valence-electron chi connectivity index (χ2n) is 4.32. The number of fused-ring (bicyclic) bond motifs is 1. The molecule has 0 fully saturated rings. The van der Waals surface area contributed by atoms with Crippen molar-refractivity contribution in [3.8, 4) is 5.75 Å². The minimum absolute atomic E-state index is 0.0113. The monoisotopic (exact) mass is 314 g/mol. The van der Waals surface area contributed by atoms with Gasteiger partial charge in [-0.15, -0.1) is 0 Å². The minimum Gasteiger partial charge on any atom is -0.507 e. The molecule has 0 aliphatic carbocycles. The SMILES string of the molecule is CC.CC.O=[N+]([O-])c1ccc(O)c(C2=Nc3ccccc3C2)c1. The molecule has 1 N–H and O–H groups in total. The highest BCUT2D eigenvalue weighted by molar-refractivity contribution is 6.08. The standard InChI is InChI=1S/C14H10N2O3.2C2H6/c17-14-6-5-10(16(18)19)8-11(14)13-7-9-3-1-2-4-12(9)15-13;2*1-2/h1-6,8,17H,7H2;2*1-2H3. The predicted octanol–water partition coefficient (Wildman–Crippen LogP) is 5.03. The third-order valence-electron chi connectivity index (χ3n) is 3.11. The first-order chi connectivity index (χ1) is 11.1. The molecule has 1 aliphatic rings. The van der Waals surface area contributed by atoms with E-state index in [1.54, 1.807) is 0 Å². The molecule has 0 aromatic heterocycles. The Hall–Kier alpha value is -2.69. The number of nitro groups is 1. The number of phenols is 1. The molecule has 23 heavy (non-hydrogen) atoms. The van der Waals surface area contributed by atoms with E-state index >= 15 is 0 Å². The van der Waals surface area contributed by atoms with Crippen molar-refractivity contribution in [2.24, 2.45) is 4.99 Å². The molecule has 0 saturated heterocycles. The number of non-ortho nitro benzene ring substituents is 1. The first-order valence-electron chi connectivity index (χ1n) is 7.78. The smallest absolute Gasteiger partial charge is 0.270 e. The number of rotatable bonds is 2. The lowest BCUT2D eigenvalue weighted by atomic mass is 10.0. The number of aliphatic imine (C=N–C) groups is 1. The average molecular weight is 314 g/mol. The van der Waals surface area contributed by atoms with Crippen molar-refractivity contribution in [3.63, 3.8) is 0 Å². The third-order valence-corrected chi connectivity index (χ3v) is 3.11. The molecule has 2 aromatic carbocycles. The fourth-order valence-corrected chi connectivity index (χ4v) is 2.16. The van der Waals surface area contributed by atoms with Crippen LogP contribution in [0.3, 0.4) is 0 Å². The highest BCUT2D eigenvalue weighted by Gasteiger charge is 2.20. The summed E-state index contributed by atoms with van der Waals surface area (Å²) in [4.78, 5) is 14.7. The first-order valence-corrected chi connectivity index (χ1v) is 7.78. The molecule has 1 aliphatic heterocycles. The number of nitro benzene ring substituents is 1. The minimum atomic E-state index is -0.481. The Bertz CT molecular complexity index is 709. The van der Waals surface area contributed by atoms with Gasteiger partial charge in [0.2, 0.25) is 0 Å². The van der Waals surface area contributed by atoms with Crippen molar-refractivity contribution in [2.75, 3.05) is 0 Å². The fourth-order valence-electron chi connectivity index (χ4n) is 2.16. The van der Waals surface area contributed by atoms with E-state index in [-0.39, 0.29) is 11.4 Å². The van der Waals surface area contributed by atoms with E-state index in [0.29, 0.717) is 17.7 Å². The van der Waals surface area contributed by atoms with Gasteiger partial charge in [0.1, 0.15) is 5.75 Å². The van der Waals surface area contributed by atoms with Crippen LogP contribution < -0.4 is 0 Å². The number of hydrogen-bond acceptors (Lipinski definition) is 4. The number of nitrogens with zero attached hydrogens (tertiary/aromatic N) is 2. The highest BCUT2D eigenvalue weighted by atomic mass is 16.6. The topological polar surface area (TPSA) is 75.7 Å². The molecule has 0 amide bonds. The summed E-state index contributed by atoms with van der Waals surface area (Å²) in [5.41, 5.74) is 2.94. The zero-order chi connectivity index (χ0) is 17.4. The maximum absolute atomic E-state index is 10.8. The summed E-state index contributed by atoms with van der Waals surface area (Å²) in [6, 6.07) is 11.6. The summed E-state index contributed by atoms with van der Waals surface area (Å²) in [7, 11) is 0. The van der Waals surface area contributed by atoms with E-state index in [4.69, 9.17) is 0 Å². The molecule has 3 rings (SSSR count). The molecular formula is C18H22N2O3. The van der Waals surface area contributed by atoms with Crippen molar-refractivity contribution >= 4 is 17.1 Å². The van der Waals surface area contributed by atoms with Gasteiger partial charge in [-0.2, -0.15) is 0 Å². The van der Waals surface area contributed by atoms with Crippen molar-refractivity contribution in [1.82, 2.24) is 0 Å². The van der Waals surface area contributed by atoms with Crippen LogP contribution in [-0.2, 0) is 6.42 Å². The number of hydrogen-bond donors (Lipinski definition) is 1. The Morgan fingerprint density at radius 2 is 1.74 bits per heavy atom. The molecule has 122 valence electrons.